The third-order valence-electron chi connectivity index (χ3n) is 2.02. The highest BCUT2D eigenvalue weighted by Crippen LogP contribution is 2.43. The zero-order valence-electron chi connectivity index (χ0n) is 8.52. The Labute approximate surface area is 93.0 Å². The number of carbonyl (C=O) groups excluding carboxylic acids is 1. The number of rotatable bonds is 2. The Balaban J connectivity index is 3.07. The summed E-state index contributed by atoms with van der Waals surface area (Å²) >= 11 is 0. The standard InChI is InChI=1S/C10H7F5O2/c1-17-8(16)6-2-4-7(5-3-6)9(11,12)10(13,14)15/h2-5H,1H3. The van der Waals surface area contributed by atoms with E-state index in [1.54, 1.807) is 0 Å². The smallest absolute Gasteiger partial charge is 0.458 e. The van der Waals surface area contributed by atoms with Crippen LogP contribution in [0.4, 0.5) is 22.0 Å². The molecule has 0 N–H and O–H groups in total. The number of alkyl halides is 5. The van der Waals surface area contributed by atoms with E-state index in [4.69, 9.17) is 0 Å². The van der Waals surface area contributed by atoms with Gasteiger partial charge in [0.25, 0.3) is 0 Å². The summed E-state index contributed by atoms with van der Waals surface area (Å²) in [6.45, 7) is 0. The first kappa shape index (κ1) is 13.4. The highest BCUT2D eigenvalue weighted by Gasteiger charge is 2.58. The molecule has 0 spiro atoms. The minimum atomic E-state index is -5.67. The molecule has 1 rings (SSSR count). The molecule has 94 valence electrons. The first-order chi connectivity index (χ1) is 7.70. The summed E-state index contributed by atoms with van der Waals surface area (Å²) in [7, 11) is 1.07. The lowest BCUT2D eigenvalue weighted by Gasteiger charge is -2.19. The molecule has 0 bridgehead atoms. The van der Waals surface area contributed by atoms with E-state index in [9.17, 15) is 26.7 Å². The van der Waals surface area contributed by atoms with Crippen LogP contribution >= 0.6 is 0 Å². The second kappa shape index (κ2) is 4.31. The second-order valence-corrected chi connectivity index (χ2v) is 3.14. The molecule has 0 amide bonds. The van der Waals surface area contributed by atoms with Crippen molar-refractivity contribution in [2.45, 2.75) is 12.1 Å². The van der Waals surface area contributed by atoms with Gasteiger partial charge in [-0.2, -0.15) is 22.0 Å². The maximum absolute atomic E-state index is 12.8. The Kier molecular flexibility index (Phi) is 3.40. The van der Waals surface area contributed by atoms with Crippen molar-refractivity contribution in [2.75, 3.05) is 7.11 Å². The van der Waals surface area contributed by atoms with E-state index in [-0.39, 0.29) is 5.56 Å². The molecule has 0 atom stereocenters. The van der Waals surface area contributed by atoms with Crippen LogP contribution < -0.4 is 0 Å². The van der Waals surface area contributed by atoms with Crippen molar-refractivity contribution in [3.8, 4) is 0 Å². The van der Waals surface area contributed by atoms with Gasteiger partial charge in [-0.15, -0.1) is 0 Å². The third kappa shape index (κ3) is 2.54. The van der Waals surface area contributed by atoms with Crippen LogP contribution in [0.2, 0.25) is 0 Å². The van der Waals surface area contributed by atoms with Gasteiger partial charge in [-0.3, -0.25) is 0 Å². The van der Waals surface area contributed by atoms with Crippen LogP contribution in [0.1, 0.15) is 15.9 Å². The highest BCUT2D eigenvalue weighted by atomic mass is 19.4. The van der Waals surface area contributed by atoms with Crippen LogP contribution in [0.3, 0.4) is 0 Å². The topological polar surface area (TPSA) is 26.3 Å². The van der Waals surface area contributed by atoms with Crippen molar-refractivity contribution >= 4 is 5.97 Å². The normalized spacial score (nSPS) is 12.4. The van der Waals surface area contributed by atoms with Gasteiger partial charge >= 0.3 is 18.1 Å². The number of benzene rings is 1. The molecule has 0 aromatic heterocycles. The van der Waals surface area contributed by atoms with Gasteiger partial charge in [-0.05, 0) is 12.1 Å². The van der Waals surface area contributed by atoms with Crippen molar-refractivity contribution in [1.29, 1.82) is 0 Å². The summed E-state index contributed by atoms with van der Waals surface area (Å²) in [6, 6.07) is 2.78. The van der Waals surface area contributed by atoms with Crippen LogP contribution in [0.25, 0.3) is 0 Å². The molecule has 0 unspecified atom stereocenters. The summed E-state index contributed by atoms with van der Waals surface area (Å²) in [5.74, 6) is -5.76. The molecule has 0 aliphatic rings. The number of methoxy groups -OCH3 is 1. The number of hydrogen-bond donors (Lipinski definition) is 0. The Morgan fingerprint density at radius 3 is 1.88 bits per heavy atom. The number of ether oxygens (including phenoxy) is 1. The summed E-state index contributed by atoms with van der Waals surface area (Å²) in [5.41, 5.74) is -1.33. The average molecular weight is 254 g/mol. The van der Waals surface area contributed by atoms with Crippen molar-refractivity contribution in [1.82, 2.24) is 0 Å². The fourth-order valence-electron chi connectivity index (χ4n) is 1.10. The van der Waals surface area contributed by atoms with Gasteiger partial charge in [0.15, 0.2) is 0 Å². The zero-order valence-corrected chi connectivity index (χ0v) is 8.52. The zero-order chi connectivity index (χ0) is 13.3. The monoisotopic (exact) mass is 254 g/mol. The lowest BCUT2D eigenvalue weighted by molar-refractivity contribution is -0.289. The Bertz CT molecular complexity index is 408. The highest BCUT2D eigenvalue weighted by molar-refractivity contribution is 5.89. The van der Waals surface area contributed by atoms with Crippen LogP contribution in [-0.4, -0.2) is 19.3 Å². The van der Waals surface area contributed by atoms with Crippen molar-refractivity contribution in [3.63, 3.8) is 0 Å². The van der Waals surface area contributed by atoms with E-state index in [1.807, 2.05) is 0 Å². The average Bonchev–Trinajstić information content (AvgIpc) is 2.26. The largest absolute Gasteiger partial charge is 0.465 e. The molecular formula is C10H7F5O2. The number of carbonyl (C=O) groups is 1. The minimum Gasteiger partial charge on any atom is -0.465 e. The molecule has 0 saturated carbocycles. The van der Waals surface area contributed by atoms with Gasteiger partial charge in [-0.25, -0.2) is 4.79 Å². The fourth-order valence-corrected chi connectivity index (χ4v) is 1.10. The summed E-state index contributed by atoms with van der Waals surface area (Å²) < 4.78 is 66.0. The van der Waals surface area contributed by atoms with Crippen molar-refractivity contribution in [2.24, 2.45) is 0 Å². The molecular weight excluding hydrogens is 247 g/mol. The van der Waals surface area contributed by atoms with Gasteiger partial charge in [0, 0.05) is 5.56 Å². The molecule has 2 nitrogen and oxygen atoms in total. The molecule has 0 saturated heterocycles. The predicted octanol–water partition coefficient (Wildman–Crippen LogP) is 3.13. The Morgan fingerprint density at radius 2 is 1.53 bits per heavy atom. The number of hydrogen-bond acceptors (Lipinski definition) is 2. The lowest BCUT2D eigenvalue weighted by Crippen LogP contribution is -2.33. The maximum Gasteiger partial charge on any atom is 0.458 e. The maximum atomic E-state index is 12.8. The molecule has 0 radical (unpaired) electrons. The lowest BCUT2D eigenvalue weighted by atomic mass is 10.1. The summed E-state index contributed by atoms with van der Waals surface area (Å²) in [5, 5.41) is 0. The van der Waals surface area contributed by atoms with Gasteiger partial charge < -0.3 is 4.74 Å². The molecule has 0 heterocycles. The molecule has 0 fully saturated rings. The van der Waals surface area contributed by atoms with Crippen LogP contribution in [0.15, 0.2) is 24.3 Å². The van der Waals surface area contributed by atoms with Gasteiger partial charge in [-0.1, -0.05) is 12.1 Å². The van der Waals surface area contributed by atoms with Crippen LogP contribution in [0.5, 0.6) is 0 Å². The summed E-state index contributed by atoms with van der Waals surface area (Å²) in [4.78, 5) is 10.9. The third-order valence-corrected chi connectivity index (χ3v) is 2.02. The van der Waals surface area contributed by atoms with Crippen LogP contribution in [-0.2, 0) is 10.7 Å². The van der Waals surface area contributed by atoms with Crippen LogP contribution in [0, 0.1) is 0 Å². The van der Waals surface area contributed by atoms with E-state index in [1.165, 1.54) is 0 Å². The van der Waals surface area contributed by atoms with E-state index >= 15 is 0 Å². The van der Waals surface area contributed by atoms with Gasteiger partial charge in [0.2, 0.25) is 0 Å². The fraction of sp³-hybridized carbons (Fsp3) is 0.300. The van der Waals surface area contributed by atoms with E-state index in [2.05, 4.69) is 4.74 Å². The van der Waals surface area contributed by atoms with E-state index in [0.717, 1.165) is 19.2 Å². The Hall–Kier alpha value is -1.66. The molecule has 7 heteroatoms. The Morgan fingerprint density at radius 1 is 1.06 bits per heavy atom. The van der Waals surface area contributed by atoms with Crippen molar-refractivity contribution in [3.05, 3.63) is 35.4 Å². The number of esters is 1. The van der Waals surface area contributed by atoms with Gasteiger partial charge in [0.05, 0.1) is 12.7 Å². The summed E-state index contributed by atoms with van der Waals surface area (Å²) in [6.07, 6.45) is -5.67. The second-order valence-electron chi connectivity index (χ2n) is 3.14. The molecule has 17 heavy (non-hydrogen) atoms. The first-order valence-electron chi connectivity index (χ1n) is 4.33. The molecule has 0 aliphatic heterocycles. The van der Waals surface area contributed by atoms with Gasteiger partial charge in [0.1, 0.15) is 0 Å². The van der Waals surface area contributed by atoms with E-state index < -0.39 is 23.6 Å². The quantitative estimate of drug-likeness (QED) is 0.598. The van der Waals surface area contributed by atoms with Crippen molar-refractivity contribution < 1.29 is 31.5 Å². The molecule has 1 aromatic rings. The van der Waals surface area contributed by atoms with E-state index in [0.29, 0.717) is 12.1 Å². The molecule has 1 aromatic carbocycles. The minimum absolute atomic E-state index is 0.103. The SMILES string of the molecule is COC(=O)c1ccc(C(F)(F)C(F)(F)F)cc1. The predicted molar refractivity (Wildman–Crippen MR) is 47.7 cm³/mol. The number of halogens is 5. The first-order valence-corrected chi connectivity index (χ1v) is 4.33. The molecule has 0 aliphatic carbocycles.